The van der Waals surface area contributed by atoms with Gasteiger partial charge in [0.15, 0.2) is 5.75 Å². The lowest BCUT2D eigenvalue weighted by molar-refractivity contribution is 0.0832. The molecule has 5 nitrogen and oxygen atoms in total. The molecule has 1 saturated carbocycles. The number of hydrogen-bond acceptors (Lipinski definition) is 5. The SMILES string of the molecule is CC(C)Oc1c(NCC2(C)CC2)sc(C(=O)N(C)C)c1N. The van der Waals surface area contributed by atoms with Crippen LogP contribution in [0.4, 0.5) is 10.7 Å². The molecule has 1 aliphatic rings. The van der Waals surface area contributed by atoms with E-state index in [1.807, 2.05) is 13.8 Å². The first kappa shape index (κ1) is 15.9. The molecule has 1 heterocycles. The van der Waals surface area contributed by atoms with E-state index in [9.17, 15) is 4.79 Å². The first-order chi connectivity index (χ1) is 9.73. The number of hydrogen-bond donors (Lipinski definition) is 2. The second-order valence-electron chi connectivity index (χ2n) is 6.53. The van der Waals surface area contributed by atoms with Crippen LogP contribution >= 0.6 is 11.3 Å². The van der Waals surface area contributed by atoms with Gasteiger partial charge < -0.3 is 20.7 Å². The van der Waals surface area contributed by atoms with E-state index in [2.05, 4.69) is 12.2 Å². The van der Waals surface area contributed by atoms with Crippen molar-refractivity contribution in [3.8, 4) is 5.75 Å². The Kier molecular flexibility index (Phi) is 4.37. The van der Waals surface area contributed by atoms with Gasteiger partial charge in [0.2, 0.25) is 0 Å². The Balaban J connectivity index is 2.27. The molecule has 1 fully saturated rings. The number of ether oxygens (including phenoxy) is 1. The molecule has 0 aliphatic heterocycles. The van der Waals surface area contributed by atoms with Gasteiger partial charge in [0.1, 0.15) is 15.6 Å². The normalized spacial score (nSPS) is 15.9. The van der Waals surface area contributed by atoms with Gasteiger partial charge >= 0.3 is 0 Å². The average Bonchev–Trinajstić information content (AvgIpc) is 3.05. The second kappa shape index (κ2) is 5.75. The maximum atomic E-state index is 12.2. The summed E-state index contributed by atoms with van der Waals surface area (Å²) in [6, 6.07) is 0. The molecule has 0 spiro atoms. The van der Waals surface area contributed by atoms with Crippen LogP contribution in [0.2, 0.25) is 0 Å². The summed E-state index contributed by atoms with van der Waals surface area (Å²) in [6.07, 6.45) is 2.50. The van der Waals surface area contributed by atoms with Gasteiger partial charge in [-0.15, -0.1) is 11.3 Å². The monoisotopic (exact) mass is 311 g/mol. The average molecular weight is 311 g/mol. The summed E-state index contributed by atoms with van der Waals surface area (Å²) in [5.41, 5.74) is 6.96. The zero-order valence-electron chi connectivity index (χ0n) is 13.4. The largest absolute Gasteiger partial charge is 0.486 e. The smallest absolute Gasteiger partial charge is 0.265 e. The summed E-state index contributed by atoms with van der Waals surface area (Å²) in [5, 5.41) is 4.28. The van der Waals surface area contributed by atoms with Crippen molar-refractivity contribution in [1.82, 2.24) is 4.90 Å². The number of anilines is 2. The minimum absolute atomic E-state index is 0.0151. The molecule has 1 aromatic rings. The lowest BCUT2D eigenvalue weighted by atomic mass is 10.1. The molecular formula is C15H25N3O2S. The van der Waals surface area contributed by atoms with E-state index >= 15 is 0 Å². The fourth-order valence-electron chi connectivity index (χ4n) is 1.94. The van der Waals surface area contributed by atoms with Crippen LogP contribution in [0.3, 0.4) is 0 Å². The number of nitrogen functional groups attached to an aromatic ring is 1. The molecule has 118 valence electrons. The summed E-state index contributed by atoms with van der Waals surface area (Å²) in [6.45, 7) is 7.05. The Bertz CT molecular complexity index is 533. The number of nitrogens with two attached hydrogens (primary N) is 1. The van der Waals surface area contributed by atoms with Crippen LogP contribution < -0.4 is 15.8 Å². The van der Waals surface area contributed by atoms with Crippen LogP contribution in [0.15, 0.2) is 0 Å². The van der Waals surface area contributed by atoms with Gasteiger partial charge in [-0.1, -0.05) is 6.92 Å². The number of carbonyl (C=O) groups is 1. The highest BCUT2D eigenvalue weighted by molar-refractivity contribution is 7.19. The number of nitrogens with zero attached hydrogens (tertiary/aromatic N) is 1. The van der Waals surface area contributed by atoms with Gasteiger partial charge in [-0.2, -0.15) is 0 Å². The molecule has 0 bridgehead atoms. The van der Waals surface area contributed by atoms with Gasteiger partial charge in [-0.25, -0.2) is 0 Å². The molecule has 1 amide bonds. The predicted octanol–water partition coefficient (Wildman–Crippen LogP) is 3.03. The molecular weight excluding hydrogens is 286 g/mol. The molecule has 6 heteroatoms. The number of amides is 1. The van der Waals surface area contributed by atoms with E-state index in [0.29, 0.717) is 21.7 Å². The van der Waals surface area contributed by atoms with Crippen molar-refractivity contribution in [3.05, 3.63) is 4.88 Å². The Morgan fingerprint density at radius 2 is 2.10 bits per heavy atom. The molecule has 1 aliphatic carbocycles. The summed E-state index contributed by atoms with van der Waals surface area (Å²) >= 11 is 1.38. The highest BCUT2D eigenvalue weighted by Gasteiger charge is 2.37. The molecule has 0 unspecified atom stereocenters. The lowest BCUT2D eigenvalue weighted by Gasteiger charge is -2.14. The van der Waals surface area contributed by atoms with Gasteiger partial charge in [0, 0.05) is 20.6 Å². The molecule has 3 N–H and O–H groups in total. The van der Waals surface area contributed by atoms with Crippen LogP contribution in [0, 0.1) is 5.41 Å². The second-order valence-corrected chi connectivity index (χ2v) is 7.55. The molecule has 0 saturated heterocycles. The maximum absolute atomic E-state index is 12.2. The third kappa shape index (κ3) is 3.61. The van der Waals surface area contributed by atoms with Crippen molar-refractivity contribution in [2.75, 3.05) is 31.7 Å². The van der Waals surface area contributed by atoms with Crippen molar-refractivity contribution in [3.63, 3.8) is 0 Å². The van der Waals surface area contributed by atoms with Gasteiger partial charge in [0.25, 0.3) is 5.91 Å². The quantitative estimate of drug-likeness (QED) is 0.847. The summed E-state index contributed by atoms with van der Waals surface area (Å²) in [7, 11) is 3.45. The molecule has 0 radical (unpaired) electrons. The van der Waals surface area contributed by atoms with Crippen molar-refractivity contribution >= 4 is 27.9 Å². The number of thiophene rings is 1. The number of nitrogens with one attached hydrogen (secondary N) is 1. The van der Waals surface area contributed by atoms with Crippen molar-refractivity contribution in [1.29, 1.82) is 0 Å². The minimum Gasteiger partial charge on any atom is -0.486 e. The predicted molar refractivity (Wildman–Crippen MR) is 88.3 cm³/mol. The first-order valence-corrected chi connectivity index (χ1v) is 8.09. The number of rotatable bonds is 6. The molecule has 2 rings (SSSR count). The Labute approximate surface area is 130 Å². The Hall–Kier alpha value is -1.43. The topological polar surface area (TPSA) is 67.6 Å². The van der Waals surface area contributed by atoms with Crippen LogP contribution in [-0.2, 0) is 0 Å². The van der Waals surface area contributed by atoms with Crippen molar-refractivity contribution in [2.24, 2.45) is 5.41 Å². The summed E-state index contributed by atoms with van der Waals surface area (Å²) < 4.78 is 5.82. The van der Waals surface area contributed by atoms with Crippen molar-refractivity contribution in [2.45, 2.75) is 39.7 Å². The molecule has 0 aromatic carbocycles. The summed E-state index contributed by atoms with van der Waals surface area (Å²) in [5.74, 6) is 0.529. The van der Waals surface area contributed by atoms with Gasteiger partial charge in [-0.3, -0.25) is 4.79 Å². The van der Waals surface area contributed by atoms with E-state index in [0.717, 1.165) is 11.5 Å². The van der Waals surface area contributed by atoms with Gasteiger partial charge in [0.05, 0.1) is 6.10 Å². The number of carbonyl (C=O) groups excluding carboxylic acids is 1. The van der Waals surface area contributed by atoms with E-state index in [1.165, 1.54) is 29.1 Å². The van der Waals surface area contributed by atoms with Crippen LogP contribution in [0.5, 0.6) is 5.75 Å². The van der Waals surface area contributed by atoms with Crippen LogP contribution in [0.1, 0.15) is 43.3 Å². The third-order valence-electron chi connectivity index (χ3n) is 3.63. The molecule has 1 aromatic heterocycles. The van der Waals surface area contributed by atoms with E-state index in [4.69, 9.17) is 10.5 Å². The van der Waals surface area contributed by atoms with Crippen LogP contribution in [0.25, 0.3) is 0 Å². The third-order valence-corrected chi connectivity index (χ3v) is 4.77. The van der Waals surface area contributed by atoms with Crippen LogP contribution in [-0.4, -0.2) is 37.6 Å². The van der Waals surface area contributed by atoms with Gasteiger partial charge in [-0.05, 0) is 32.1 Å². The zero-order chi connectivity index (χ0) is 15.8. The highest BCUT2D eigenvalue weighted by Crippen LogP contribution is 2.48. The Morgan fingerprint density at radius 1 is 1.48 bits per heavy atom. The van der Waals surface area contributed by atoms with E-state index < -0.39 is 0 Å². The first-order valence-electron chi connectivity index (χ1n) is 7.28. The zero-order valence-corrected chi connectivity index (χ0v) is 14.3. The standard InChI is InChI=1S/C15H25N3O2S/c1-9(2)20-11-10(16)12(14(19)18(4)5)21-13(11)17-8-15(3)6-7-15/h9,17H,6-8,16H2,1-5H3. The van der Waals surface area contributed by atoms with E-state index in [1.54, 1.807) is 14.1 Å². The lowest BCUT2D eigenvalue weighted by Crippen LogP contribution is -2.21. The highest BCUT2D eigenvalue weighted by atomic mass is 32.1. The fourth-order valence-corrected chi connectivity index (χ4v) is 3.02. The van der Waals surface area contributed by atoms with E-state index in [-0.39, 0.29) is 12.0 Å². The minimum atomic E-state index is -0.0863. The maximum Gasteiger partial charge on any atom is 0.265 e. The fraction of sp³-hybridized carbons (Fsp3) is 0.667. The molecule has 0 atom stereocenters. The van der Waals surface area contributed by atoms with Crippen molar-refractivity contribution < 1.29 is 9.53 Å². The Morgan fingerprint density at radius 3 is 2.57 bits per heavy atom. The summed E-state index contributed by atoms with van der Waals surface area (Å²) in [4.78, 5) is 14.3. The molecule has 21 heavy (non-hydrogen) atoms.